The lowest BCUT2D eigenvalue weighted by atomic mass is 10.3. The van der Waals surface area contributed by atoms with Crippen LogP contribution in [-0.4, -0.2) is 23.7 Å². The predicted octanol–water partition coefficient (Wildman–Crippen LogP) is 1.78. The molecule has 0 fully saturated rings. The Morgan fingerprint density at radius 2 is 2.00 bits per heavy atom. The van der Waals surface area contributed by atoms with Gasteiger partial charge in [-0.2, -0.15) is 0 Å². The SMILES string of the molecule is N[C@@H](COc1c(Cl)cccc1Cl)C(=O)O. The van der Waals surface area contributed by atoms with Crippen molar-refractivity contribution < 1.29 is 14.6 Å². The zero-order valence-corrected chi connectivity index (χ0v) is 9.13. The van der Waals surface area contributed by atoms with Gasteiger partial charge in [-0.05, 0) is 12.1 Å². The van der Waals surface area contributed by atoms with Crippen molar-refractivity contribution in [1.82, 2.24) is 0 Å². The van der Waals surface area contributed by atoms with Crippen LogP contribution in [0.25, 0.3) is 0 Å². The number of hydrogen-bond donors (Lipinski definition) is 2. The number of ether oxygens (including phenoxy) is 1. The first-order valence-corrected chi connectivity index (χ1v) is 4.83. The minimum Gasteiger partial charge on any atom is -0.488 e. The molecule has 0 aliphatic carbocycles. The molecule has 0 heterocycles. The zero-order chi connectivity index (χ0) is 11.4. The first kappa shape index (κ1) is 12.1. The van der Waals surface area contributed by atoms with E-state index in [2.05, 4.69) is 0 Å². The van der Waals surface area contributed by atoms with Crippen LogP contribution in [0.15, 0.2) is 18.2 Å². The number of hydrogen-bond acceptors (Lipinski definition) is 3. The van der Waals surface area contributed by atoms with Crippen molar-refractivity contribution in [3.8, 4) is 5.75 Å². The summed E-state index contributed by atoms with van der Waals surface area (Å²) in [5, 5.41) is 9.17. The van der Waals surface area contributed by atoms with E-state index < -0.39 is 12.0 Å². The van der Waals surface area contributed by atoms with Crippen LogP contribution in [0.3, 0.4) is 0 Å². The highest BCUT2D eigenvalue weighted by molar-refractivity contribution is 6.37. The van der Waals surface area contributed by atoms with Crippen LogP contribution >= 0.6 is 23.2 Å². The first-order chi connectivity index (χ1) is 7.02. The van der Waals surface area contributed by atoms with Crippen LogP contribution in [0, 0.1) is 0 Å². The Bertz CT molecular complexity index is 350. The van der Waals surface area contributed by atoms with Crippen molar-refractivity contribution in [2.45, 2.75) is 6.04 Å². The number of rotatable bonds is 4. The number of benzene rings is 1. The molecule has 15 heavy (non-hydrogen) atoms. The molecule has 0 amide bonds. The number of para-hydroxylation sites is 1. The molecular weight excluding hydrogens is 241 g/mol. The second kappa shape index (κ2) is 5.21. The molecule has 1 rings (SSSR count). The standard InChI is InChI=1S/C9H9Cl2NO3/c10-5-2-1-3-6(11)8(5)15-4-7(12)9(13)14/h1-3,7H,4,12H2,(H,13,14)/t7-/m0/s1. The van der Waals surface area contributed by atoms with Gasteiger partial charge < -0.3 is 15.6 Å². The maximum atomic E-state index is 10.4. The van der Waals surface area contributed by atoms with E-state index in [1.807, 2.05) is 0 Å². The highest BCUT2D eigenvalue weighted by Gasteiger charge is 2.14. The molecule has 0 aliphatic rings. The minimum absolute atomic E-state index is 0.182. The topological polar surface area (TPSA) is 72.5 Å². The molecule has 0 aliphatic heterocycles. The first-order valence-electron chi connectivity index (χ1n) is 4.07. The van der Waals surface area contributed by atoms with Crippen molar-refractivity contribution in [1.29, 1.82) is 0 Å². The van der Waals surface area contributed by atoms with Crippen LogP contribution in [0.1, 0.15) is 0 Å². The molecule has 6 heteroatoms. The summed E-state index contributed by atoms with van der Waals surface area (Å²) in [6.45, 7) is -0.182. The van der Waals surface area contributed by atoms with Gasteiger partial charge in [-0.1, -0.05) is 29.3 Å². The highest BCUT2D eigenvalue weighted by atomic mass is 35.5. The van der Waals surface area contributed by atoms with E-state index in [1.54, 1.807) is 18.2 Å². The van der Waals surface area contributed by atoms with Crippen LogP contribution in [0.5, 0.6) is 5.75 Å². The van der Waals surface area contributed by atoms with Gasteiger partial charge in [0.05, 0.1) is 10.0 Å². The summed E-state index contributed by atoms with van der Waals surface area (Å²) in [5.74, 6) is -0.893. The van der Waals surface area contributed by atoms with Gasteiger partial charge in [-0.25, -0.2) is 0 Å². The van der Waals surface area contributed by atoms with Crippen LogP contribution in [0.2, 0.25) is 10.0 Å². The lowest BCUT2D eigenvalue weighted by Crippen LogP contribution is -2.36. The Labute approximate surface area is 96.5 Å². The normalized spacial score (nSPS) is 12.2. The third kappa shape index (κ3) is 3.27. The smallest absolute Gasteiger partial charge is 0.324 e. The summed E-state index contributed by atoms with van der Waals surface area (Å²) in [6.07, 6.45) is 0. The Hall–Kier alpha value is -0.970. The van der Waals surface area contributed by atoms with Gasteiger partial charge in [0.1, 0.15) is 12.6 Å². The fourth-order valence-electron chi connectivity index (χ4n) is 0.865. The summed E-state index contributed by atoms with van der Waals surface area (Å²) < 4.78 is 5.12. The summed E-state index contributed by atoms with van der Waals surface area (Å²) in [6, 6.07) is 3.75. The molecule has 0 aromatic heterocycles. The van der Waals surface area contributed by atoms with E-state index in [-0.39, 0.29) is 12.4 Å². The van der Waals surface area contributed by atoms with E-state index >= 15 is 0 Å². The molecule has 0 radical (unpaired) electrons. The number of carboxylic acids is 1. The third-order valence-electron chi connectivity index (χ3n) is 1.64. The average Bonchev–Trinajstić information content (AvgIpc) is 2.16. The molecule has 0 spiro atoms. The van der Waals surface area contributed by atoms with Gasteiger partial charge in [0.25, 0.3) is 0 Å². The van der Waals surface area contributed by atoms with Crippen molar-refractivity contribution in [3.63, 3.8) is 0 Å². The molecule has 0 bridgehead atoms. The molecule has 4 nitrogen and oxygen atoms in total. The minimum atomic E-state index is -1.14. The van der Waals surface area contributed by atoms with Crippen molar-refractivity contribution >= 4 is 29.2 Å². The average molecular weight is 250 g/mol. The summed E-state index contributed by atoms with van der Waals surface area (Å²) in [5.41, 5.74) is 5.25. The number of carbonyl (C=O) groups is 1. The monoisotopic (exact) mass is 249 g/mol. The lowest BCUT2D eigenvalue weighted by Gasteiger charge is -2.11. The van der Waals surface area contributed by atoms with E-state index in [0.717, 1.165) is 0 Å². The Morgan fingerprint density at radius 1 is 1.47 bits per heavy atom. The predicted molar refractivity (Wildman–Crippen MR) is 57.6 cm³/mol. The number of aliphatic carboxylic acids is 1. The lowest BCUT2D eigenvalue weighted by molar-refractivity contribution is -0.139. The van der Waals surface area contributed by atoms with Crippen molar-refractivity contribution in [3.05, 3.63) is 28.2 Å². The molecule has 0 saturated carbocycles. The van der Waals surface area contributed by atoms with E-state index in [9.17, 15) is 4.79 Å². The Balaban J connectivity index is 2.69. The number of nitrogens with two attached hydrogens (primary N) is 1. The summed E-state index contributed by atoms with van der Waals surface area (Å²) in [4.78, 5) is 10.4. The Kier molecular flexibility index (Phi) is 4.20. The molecular formula is C9H9Cl2NO3. The largest absolute Gasteiger partial charge is 0.488 e. The molecule has 82 valence electrons. The van der Waals surface area contributed by atoms with Gasteiger partial charge in [0.15, 0.2) is 5.75 Å². The van der Waals surface area contributed by atoms with Gasteiger partial charge in [-0.15, -0.1) is 0 Å². The second-order valence-electron chi connectivity index (χ2n) is 2.81. The van der Waals surface area contributed by atoms with Gasteiger partial charge in [0, 0.05) is 0 Å². The third-order valence-corrected chi connectivity index (χ3v) is 2.24. The van der Waals surface area contributed by atoms with Gasteiger partial charge in [-0.3, -0.25) is 4.79 Å². The highest BCUT2D eigenvalue weighted by Crippen LogP contribution is 2.32. The molecule has 1 aromatic rings. The maximum absolute atomic E-state index is 10.4. The zero-order valence-electron chi connectivity index (χ0n) is 7.61. The summed E-state index contributed by atoms with van der Waals surface area (Å²) in [7, 11) is 0. The molecule has 0 unspecified atom stereocenters. The van der Waals surface area contributed by atoms with Gasteiger partial charge in [0.2, 0.25) is 0 Å². The number of halogens is 2. The molecule has 0 saturated heterocycles. The van der Waals surface area contributed by atoms with E-state index in [0.29, 0.717) is 10.0 Å². The van der Waals surface area contributed by atoms with Crippen LogP contribution < -0.4 is 10.5 Å². The Morgan fingerprint density at radius 3 is 2.47 bits per heavy atom. The van der Waals surface area contributed by atoms with Crippen molar-refractivity contribution in [2.24, 2.45) is 5.73 Å². The number of carboxylic acid groups (broad SMARTS) is 1. The second-order valence-corrected chi connectivity index (χ2v) is 3.62. The molecule has 1 aromatic carbocycles. The molecule has 3 N–H and O–H groups in total. The van der Waals surface area contributed by atoms with E-state index in [1.165, 1.54) is 0 Å². The fourth-order valence-corrected chi connectivity index (χ4v) is 1.37. The molecule has 1 atom stereocenters. The van der Waals surface area contributed by atoms with Crippen LogP contribution in [-0.2, 0) is 4.79 Å². The summed E-state index contributed by atoms with van der Waals surface area (Å²) >= 11 is 11.6. The maximum Gasteiger partial charge on any atom is 0.324 e. The van der Waals surface area contributed by atoms with Crippen molar-refractivity contribution in [2.75, 3.05) is 6.61 Å². The van der Waals surface area contributed by atoms with Crippen LogP contribution in [0.4, 0.5) is 0 Å². The van der Waals surface area contributed by atoms with Gasteiger partial charge >= 0.3 is 5.97 Å². The fraction of sp³-hybridized carbons (Fsp3) is 0.222. The van der Waals surface area contributed by atoms with E-state index in [4.69, 9.17) is 38.8 Å². The quantitative estimate of drug-likeness (QED) is 0.854.